The molecule has 1 aromatic rings. The third kappa shape index (κ3) is 3.55. The minimum Gasteiger partial charge on any atom is -0.497 e. The van der Waals surface area contributed by atoms with Crippen molar-refractivity contribution in [1.82, 2.24) is 0 Å². The Morgan fingerprint density at radius 3 is 2.71 bits per heavy atom. The van der Waals surface area contributed by atoms with Crippen molar-refractivity contribution in [2.24, 2.45) is 0 Å². The van der Waals surface area contributed by atoms with Crippen molar-refractivity contribution in [3.05, 3.63) is 22.7 Å². The van der Waals surface area contributed by atoms with Crippen LogP contribution in [0.1, 0.15) is 0 Å². The number of hydrogen-bond donors (Lipinski definition) is 1. The monoisotopic (exact) mass is 259 g/mol. The molecule has 1 rings (SSSR count). The SMILES string of the molecule is COCCNc1cc(Br)cc(OC)c1. The molecule has 0 unspecified atom stereocenters. The molecule has 0 saturated heterocycles. The molecule has 0 bridgehead atoms. The highest BCUT2D eigenvalue weighted by Crippen LogP contribution is 2.24. The summed E-state index contributed by atoms with van der Waals surface area (Å²) in [4.78, 5) is 0. The van der Waals surface area contributed by atoms with E-state index in [9.17, 15) is 0 Å². The van der Waals surface area contributed by atoms with Crippen LogP contribution in [-0.4, -0.2) is 27.4 Å². The quantitative estimate of drug-likeness (QED) is 0.825. The van der Waals surface area contributed by atoms with Crippen molar-refractivity contribution in [2.75, 3.05) is 32.7 Å². The van der Waals surface area contributed by atoms with E-state index in [1.54, 1.807) is 14.2 Å². The molecule has 0 aliphatic rings. The lowest BCUT2D eigenvalue weighted by molar-refractivity contribution is 0.211. The fraction of sp³-hybridized carbons (Fsp3) is 0.400. The summed E-state index contributed by atoms with van der Waals surface area (Å²) in [5.74, 6) is 0.833. The summed E-state index contributed by atoms with van der Waals surface area (Å²) in [6.07, 6.45) is 0. The van der Waals surface area contributed by atoms with Crippen LogP contribution in [0.4, 0.5) is 5.69 Å². The van der Waals surface area contributed by atoms with Gasteiger partial charge in [-0.3, -0.25) is 0 Å². The highest BCUT2D eigenvalue weighted by atomic mass is 79.9. The fourth-order valence-electron chi connectivity index (χ4n) is 1.08. The number of benzene rings is 1. The van der Waals surface area contributed by atoms with Crippen LogP contribution >= 0.6 is 15.9 Å². The minimum absolute atomic E-state index is 0.689. The van der Waals surface area contributed by atoms with Crippen molar-refractivity contribution in [3.8, 4) is 5.75 Å². The van der Waals surface area contributed by atoms with Crippen LogP contribution in [0.3, 0.4) is 0 Å². The van der Waals surface area contributed by atoms with Gasteiger partial charge >= 0.3 is 0 Å². The summed E-state index contributed by atoms with van der Waals surface area (Å²) in [5.41, 5.74) is 1.02. The van der Waals surface area contributed by atoms with Gasteiger partial charge in [0.2, 0.25) is 0 Å². The predicted octanol–water partition coefficient (Wildman–Crippen LogP) is 2.52. The van der Waals surface area contributed by atoms with Gasteiger partial charge in [-0.1, -0.05) is 15.9 Å². The molecule has 0 heterocycles. The molecule has 3 nitrogen and oxygen atoms in total. The van der Waals surface area contributed by atoms with Crippen LogP contribution < -0.4 is 10.1 Å². The molecule has 1 N–H and O–H groups in total. The average molecular weight is 260 g/mol. The van der Waals surface area contributed by atoms with Crippen LogP contribution in [0.25, 0.3) is 0 Å². The molecule has 0 fully saturated rings. The first-order valence-electron chi connectivity index (χ1n) is 4.33. The number of ether oxygens (including phenoxy) is 2. The highest BCUT2D eigenvalue weighted by molar-refractivity contribution is 9.10. The van der Waals surface area contributed by atoms with E-state index in [0.717, 1.165) is 22.5 Å². The van der Waals surface area contributed by atoms with Crippen LogP contribution in [0, 0.1) is 0 Å². The largest absolute Gasteiger partial charge is 0.497 e. The third-order valence-electron chi connectivity index (χ3n) is 1.74. The number of methoxy groups -OCH3 is 2. The second kappa shape index (κ2) is 5.88. The van der Waals surface area contributed by atoms with E-state index < -0.39 is 0 Å². The van der Waals surface area contributed by atoms with Crippen molar-refractivity contribution >= 4 is 21.6 Å². The van der Waals surface area contributed by atoms with E-state index in [0.29, 0.717) is 6.61 Å². The first-order chi connectivity index (χ1) is 6.76. The summed E-state index contributed by atoms with van der Waals surface area (Å²) in [6, 6.07) is 5.86. The zero-order chi connectivity index (χ0) is 10.4. The van der Waals surface area contributed by atoms with E-state index in [1.807, 2.05) is 18.2 Å². The van der Waals surface area contributed by atoms with E-state index >= 15 is 0 Å². The Balaban J connectivity index is 2.62. The van der Waals surface area contributed by atoms with Crippen LogP contribution in [0.2, 0.25) is 0 Å². The zero-order valence-electron chi connectivity index (χ0n) is 8.34. The molecule has 0 spiro atoms. The van der Waals surface area contributed by atoms with E-state index in [4.69, 9.17) is 9.47 Å². The number of nitrogens with one attached hydrogen (secondary N) is 1. The Kier molecular flexibility index (Phi) is 4.76. The van der Waals surface area contributed by atoms with Crippen molar-refractivity contribution in [2.45, 2.75) is 0 Å². The lowest BCUT2D eigenvalue weighted by Crippen LogP contribution is -2.07. The fourth-order valence-corrected chi connectivity index (χ4v) is 1.55. The predicted molar refractivity (Wildman–Crippen MR) is 61.1 cm³/mol. The Morgan fingerprint density at radius 1 is 1.29 bits per heavy atom. The van der Waals surface area contributed by atoms with E-state index in [-0.39, 0.29) is 0 Å². The first kappa shape index (κ1) is 11.3. The summed E-state index contributed by atoms with van der Waals surface area (Å²) >= 11 is 3.41. The molecule has 0 saturated carbocycles. The molecule has 0 aromatic heterocycles. The maximum Gasteiger partial charge on any atom is 0.122 e. The third-order valence-corrected chi connectivity index (χ3v) is 2.20. The molecule has 0 atom stereocenters. The Bertz CT molecular complexity index is 291. The Labute approximate surface area is 92.5 Å². The number of rotatable bonds is 5. The van der Waals surface area contributed by atoms with Gasteiger partial charge in [0.25, 0.3) is 0 Å². The Morgan fingerprint density at radius 2 is 2.07 bits per heavy atom. The number of halogens is 1. The summed E-state index contributed by atoms with van der Waals surface area (Å²) in [7, 11) is 3.34. The van der Waals surface area contributed by atoms with Gasteiger partial charge in [0.05, 0.1) is 13.7 Å². The van der Waals surface area contributed by atoms with Gasteiger partial charge in [0.15, 0.2) is 0 Å². The first-order valence-corrected chi connectivity index (χ1v) is 5.13. The lowest BCUT2D eigenvalue weighted by atomic mass is 10.3. The molecule has 1 aromatic carbocycles. The Hall–Kier alpha value is -0.740. The summed E-state index contributed by atoms with van der Waals surface area (Å²) in [6.45, 7) is 1.48. The highest BCUT2D eigenvalue weighted by Gasteiger charge is 1.98. The molecule has 4 heteroatoms. The van der Waals surface area contributed by atoms with Crippen molar-refractivity contribution in [3.63, 3.8) is 0 Å². The second-order valence-electron chi connectivity index (χ2n) is 2.80. The maximum atomic E-state index is 5.14. The number of hydrogen-bond acceptors (Lipinski definition) is 3. The standard InChI is InChI=1S/C10H14BrNO2/c1-13-4-3-12-9-5-8(11)6-10(7-9)14-2/h5-7,12H,3-4H2,1-2H3. The van der Waals surface area contributed by atoms with E-state index in [2.05, 4.69) is 21.2 Å². The van der Waals surface area contributed by atoms with Gasteiger partial charge in [-0.05, 0) is 12.1 Å². The molecule has 0 aliphatic carbocycles. The van der Waals surface area contributed by atoms with Crippen molar-refractivity contribution < 1.29 is 9.47 Å². The maximum absolute atomic E-state index is 5.14. The summed E-state index contributed by atoms with van der Waals surface area (Å²) < 4.78 is 11.1. The lowest BCUT2D eigenvalue weighted by Gasteiger charge is -2.08. The van der Waals surface area contributed by atoms with Gasteiger partial charge in [-0.15, -0.1) is 0 Å². The molecule has 14 heavy (non-hydrogen) atoms. The second-order valence-corrected chi connectivity index (χ2v) is 3.71. The van der Waals surface area contributed by atoms with Gasteiger partial charge in [0, 0.05) is 29.9 Å². The van der Waals surface area contributed by atoms with Crippen LogP contribution in [0.15, 0.2) is 22.7 Å². The molecule has 0 radical (unpaired) electrons. The average Bonchev–Trinajstić information content (AvgIpc) is 2.17. The van der Waals surface area contributed by atoms with Gasteiger partial charge in [-0.2, -0.15) is 0 Å². The molecular weight excluding hydrogens is 246 g/mol. The molecular formula is C10H14BrNO2. The van der Waals surface area contributed by atoms with E-state index in [1.165, 1.54) is 0 Å². The topological polar surface area (TPSA) is 30.5 Å². The van der Waals surface area contributed by atoms with Crippen LogP contribution in [0.5, 0.6) is 5.75 Å². The number of anilines is 1. The van der Waals surface area contributed by atoms with Crippen molar-refractivity contribution in [1.29, 1.82) is 0 Å². The summed E-state index contributed by atoms with van der Waals surface area (Å²) in [5, 5.41) is 3.23. The molecule has 78 valence electrons. The van der Waals surface area contributed by atoms with Gasteiger partial charge < -0.3 is 14.8 Å². The van der Waals surface area contributed by atoms with Gasteiger partial charge in [0.1, 0.15) is 5.75 Å². The van der Waals surface area contributed by atoms with Crippen LogP contribution in [-0.2, 0) is 4.74 Å². The smallest absolute Gasteiger partial charge is 0.122 e. The van der Waals surface area contributed by atoms with Gasteiger partial charge in [-0.25, -0.2) is 0 Å². The minimum atomic E-state index is 0.689. The normalized spacial score (nSPS) is 9.93. The molecule has 0 amide bonds. The zero-order valence-corrected chi connectivity index (χ0v) is 9.93. The molecule has 0 aliphatic heterocycles.